The van der Waals surface area contributed by atoms with Crippen LogP contribution in [0.3, 0.4) is 0 Å². The number of pyridine rings is 1. The Morgan fingerprint density at radius 3 is 2.90 bits per heavy atom. The summed E-state index contributed by atoms with van der Waals surface area (Å²) in [4.78, 5) is 23.3. The summed E-state index contributed by atoms with van der Waals surface area (Å²) < 4.78 is 1.82. The van der Waals surface area contributed by atoms with Gasteiger partial charge in [-0.2, -0.15) is 5.10 Å². The number of piperidine rings is 1. The van der Waals surface area contributed by atoms with Gasteiger partial charge in [-0.25, -0.2) is 4.98 Å². The molecule has 1 saturated heterocycles. The topological polar surface area (TPSA) is 78.8 Å². The predicted octanol–water partition coefficient (Wildman–Crippen LogP) is 3.14. The summed E-state index contributed by atoms with van der Waals surface area (Å²) in [5, 5.41) is 7.59. The van der Waals surface area contributed by atoms with Crippen LogP contribution < -0.4 is 10.2 Å². The smallest absolute Gasteiger partial charge is 0.254 e. The van der Waals surface area contributed by atoms with Gasteiger partial charge in [0.15, 0.2) is 0 Å². The maximum atomic E-state index is 12.8. The average molecular weight is 417 g/mol. The fourth-order valence-corrected chi connectivity index (χ4v) is 5.30. The number of anilines is 1. The van der Waals surface area contributed by atoms with E-state index in [1.54, 1.807) is 6.20 Å². The number of aromatic amines is 1. The van der Waals surface area contributed by atoms with Crippen LogP contribution in [0.4, 0.5) is 5.82 Å². The van der Waals surface area contributed by atoms with Gasteiger partial charge in [-0.05, 0) is 67.7 Å². The van der Waals surface area contributed by atoms with Crippen molar-refractivity contribution in [3.63, 3.8) is 0 Å². The van der Waals surface area contributed by atoms with E-state index in [0.717, 1.165) is 54.8 Å². The fraction of sp³-hybridized carbons (Fsp3) is 0.458. The molecule has 7 heteroatoms. The molecule has 3 atom stereocenters. The van der Waals surface area contributed by atoms with Gasteiger partial charge in [-0.15, -0.1) is 0 Å². The van der Waals surface area contributed by atoms with Gasteiger partial charge in [0.05, 0.1) is 24.3 Å². The first kappa shape index (κ1) is 18.7. The van der Waals surface area contributed by atoms with Crippen LogP contribution in [0.25, 0.3) is 0 Å². The lowest BCUT2D eigenvalue weighted by Crippen LogP contribution is -2.26. The van der Waals surface area contributed by atoms with E-state index in [4.69, 9.17) is 4.98 Å². The number of amides is 1. The summed E-state index contributed by atoms with van der Waals surface area (Å²) in [5.41, 5.74) is 6.52. The van der Waals surface area contributed by atoms with Gasteiger partial charge in [0, 0.05) is 36.9 Å². The molecule has 3 aliphatic rings. The van der Waals surface area contributed by atoms with E-state index in [9.17, 15) is 4.79 Å². The molecule has 1 aliphatic heterocycles. The van der Waals surface area contributed by atoms with E-state index in [-0.39, 0.29) is 11.9 Å². The second kappa shape index (κ2) is 6.97. The van der Waals surface area contributed by atoms with Crippen molar-refractivity contribution in [2.24, 2.45) is 11.8 Å². The van der Waals surface area contributed by atoms with Crippen molar-refractivity contribution >= 4 is 11.7 Å². The van der Waals surface area contributed by atoms with Crippen LogP contribution in [0, 0.1) is 25.7 Å². The molecule has 6 rings (SSSR count). The van der Waals surface area contributed by atoms with Crippen LogP contribution in [0.2, 0.25) is 0 Å². The maximum Gasteiger partial charge on any atom is 0.254 e. The number of rotatable bonds is 5. The number of hydrogen-bond acceptors (Lipinski definition) is 4. The van der Waals surface area contributed by atoms with Crippen molar-refractivity contribution in [3.8, 4) is 0 Å². The zero-order valence-electron chi connectivity index (χ0n) is 18.1. The molecule has 0 spiro atoms. The normalized spacial score (nSPS) is 23.7. The first-order chi connectivity index (χ1) is 15.0. The van der Waals surface area contributed by atoms with Crippen LogP contribution in [-0.2, 0) is 13.0 Å². The lowest BCUT2D eigenvalue weighted by molar-refractivity contribution is 0.0936. The minimum atomic E-state index is -0.0688. The second-order valence-electron chi connectivity index (χ2n) is 9.41. The van der Waals surface area contributed by atoms with Gasteiger partial charge in [-0.1, -0.05) is 6.07 Å². The van der Waals surface area contributed by atoms with Gasteiger partial charge in [0.2, 0.25) is 0 Å². The highest BCUT2D eigenvalue weighted by Gasteiger charge is 2.45. The maximum absolute atomic E-state index is 12.8. The standard InChI is InChI=1S/C24H28N6O/c1-14-16(3-6-23(27-14)29-10-17-7-18(17)11-29)12-30-13-19(8-26-30)24(31)28-22-5-4-20-15(2)25-9-21(20)22/h3,6,8-9,13,17-18,22,25H,4-5,7,10-12H2,1-2H3,(H,28,31)/t17?,18?,22-/m1/s1. The third-order valence-electron chi connectivity index (χ3n) is 7.32. The zero-order chi connectivity index (χ0) is 21.1. The summed E-state index contributed by atoms with van der Waals surface area (Å²) in [6, 6.07) is 4.35. The molecule has 2 aliphatic carbocycles. The Kier molecular flexibility index (Phi) is 4.20. The Morgan fingerprint density at radius 2 is 2.10 bits per heavy atom. The minimum absolute atomic E-state index is 0.0688. The summed E-state index contributed by atoms with van der Waals surface area (Å²) >= 11 is 0. The molecule has 3 aromatic heterocycles. The number of H-pyrrole nitrogens is 1. The molecule has 0 bridgehead atoms. The molecule has 2 fully saturated rings. The van der Waals surface area contributed by atoms with Crippen molar-refractivity contribution in [3.05, 3.63) is 64.4 Å². The highest BCUT2D eigenvalue weighted by atomic mass is 16.1. The molecular weight excluding hydrogens is 388 g/mol. The highest BCUT2D eigenvalue weighted by molar-refractivity contribution is 5.94. The van der Waals surface area contributed by atoms with Gasteiger partial charge < -0.3 is 15.2 Å². The molecule has 0 radical (unpaired) electrons. The minimum Gasteiger partial charge on any atom is -0.365 e. The summed E-state index contributed by atoms with van der Waals surface area (Å²) in [7, 11) is 0. The van der Waals surface area contributed by atoms with Crippen LogP contribution in [0.1, 0.15) is 57.3 Å². The Hall–Kier alpha value is -3.09. The van der Waals surface area contributed by atoms with Gasteiger partial charge in [0.25, 0.3) is 5.91 Å². The zero-order valence-corrected chi connectivity index (χ0v) is 18.1. The Bertz CT molecular complexity index is 1150. The van der Waals surface area contributed by atoms with Crippen LogP contribution in [0.5, 0.6) is 0 Å². The van der Waals surface area contributed by atoms with Crippen LogP contribution >= 0.6 is 0 Å². The average Bonchev–Trinajstić information content (AvgIpc) is 3.22. The number of aromatic nitrogens is 4. The number of nitrogens with zero attached hydrogens (tertiary/aromatic N) is 4. The van der Waals surface area contributed by atoms with Crippen molar-refractivity contribution < 1.29 is 4.79 Å². The molecule has 31 heavy (non-hydrogen) atoms. The SMILES string of the molecule is Cc1nc(N2CC3CC3C2)ccc1Cn1cc(C(=O)N[C@@H]2CCc3c2c[nH]c3C)cn1. The number of nitrogens with one attached hydrogen (secondary N) is 2. The Balaban J connectivity index is 1.12. The quantitative estimate of drug-likeness (QED) is 0.670. The van der Waals surface area contributed by atoms with E-state index in [0.29, 0.717) is 12.1 Å². The van der Waals surface area contributed by atoms with Crippen molar-refractivity contribution in [2.75, 3.05) is 18.0 Å². The van der Waals surface area contributed by atoms with Gasteiger partial charge in [0.1, 0.15) is 5.82 Å². The monoisotopic (exact) mass is 416 g/mol. The van der Waals surface area contributed by atoms with Crippen molar-refractivity contribution in [1.29, 1.82) is 0 Å². The number of hydrogen-bond donors (Lipinski definition) is 2. The Labute approximate surface area is 181 Å². The third kappa shape index (κ3) is 3.32. The number of carbonyl (C=O) groups is 1. The van der Waals surface area contributed by atoms with Crippen molar-refractivity contribution in [1.82, 2.24) is 25.1 Å². The Morgan fingerprint density at radius 1 is 1.26 bits per heavy atom. The number of aryl methyl sites for hydroxylation is 2. The highest BCUT2D eigenvalue weighted by Crippen LogP contribution is 2.46. The largest absolute Gasteiger partial charge is 0.365 e. The predicted molar refractivity (Wildman–Crippen MR) is 118 cm³/mol. The van der Waals surface area contributed by atoms with E-state index in [1.807, 2.05) is 17.1 Å². The summed E-state index contributed by atoms with van der Waals surface area (Å²) in [6.45, 7) is 7.06. The second-order valence-corrected chi connectivity index (χ2v) is 9.41. The van der Waals surface area contributed by atoms with E-state index >= 15 is 0 Å². The molecule has 3 aromatic rings. The third-order valence-corrected chi connectivity index (χ3v) is 7.32. The number of fused-ring (bicyclic) bond motifs is 2. The van der Waals surface area contributed by atoms with Crippen LogP contribution in [-0.4, -0.2) is 38.7 Å². The number of carbonyl (C=O) groups excluding carboxylic acids is 1. The lowest BCUT2D eigenvalue weighted by Gasteiger charge is -2.20. The molecule has 2 N–H and O–H groups in total. The molecule has 1 amide bonds. The molecule has 4 heterocycles. The summed E-state index contributed by atoms with van der Waals surface area (Å²) in [6.07, 6.45) is 8.87. The van der Waals surface area contributed by atoms with Gasteiger partial charge in [-0.3, -0.25) is 9.48 Å². The van der Waals surface area contributed by atoms with Gasteiger partial charge >= 0.3 is 0 Å². The molecule has 0 aromatic carbocycles. The van der Waals surface area contributed by atoms with E-state index in [2.05, 4.69) is 46.3 Å². The fourth-order valence-electron chi connectivity index (χ4n) is 5.30. The molecule has 2 unspecified atom stereocenters. The van der Waals surface area contributed by atoms with E-state index < -0.39 is 0 Å². The summed E-state index contributed by atoms with van der Waals surface area (Å²) in [5.74, 6) is 2.81. The molecule has 1 saturated carbocycles. The molecular formula is C24H28N6O. The van der Waals surface area contributed by atoms with Crippen LogP contribution in [0.15, 0.2) is 30.7 Å². The first-order valence-electron chi connectivity index (χ1n) is 11.3. The lowest BCUT2D eigenvalue weighted by atomic mass is 10.1. The van der Waals surface area contributed by atoms with E-state index in [1.165, 1.54) is 23.2 Å². The molecule has 7 nitrogen and oxygen atoms in total. The van der Waals surface area contributed by atoms with Crippen molar-refractivity contribution in [2.45, 2.75) is 45.7 Å². The first-order valence-corrected chi connectivity index (χ1v) is 11.3. The molecule has 160 valence electrons.